The van der Waals surface area contributed by atoms with Crippen LogP contribution in [-0.4, -0.2) is 37.0 Å². The Kier molecular flexibility index (Phi) is 7.44. The van der Waals surface area contributed by atoms with Gasteiger partial charge in [0, 0.05) is 18.0 Å². The standard InChI is InChI=1S/C28H29Cl2N5OS3/c1-27(2,3)39(36)34-23-18-8-5-4-7-17(18)15-28(23)11-13-35(14-12-28)25-31-16-21-24(32-25)33-26(38-21)37-20-10-6-9-19(29)22(20)30/h4-10,16,23,34H,11-15H2,1-3H3/t23-,39?/m1/s1. The molecule has 0 amide bonds. The average Bonchev–Trinajstić information content (AvgIpc) is 3.44. The first-order valence-corrected chi connectivity index (χ1v) is 16.4. The van der Waals surface area contributed by atoms with E-state index in [-0.39, 0.29) is 16.2 Å². The Morgan fingerprint density at radius 2 is 1.87 bits per heavy atom. The number of rotatable bonds is 5. The van der Waals surface area contributed by atoms with Crippen molar-refractivity contribution in [1.29, 1.82) is 0 Å². The number of anilines is 1. The van der Waals surface area contributed by atoms with Crippen molar-refractivity contribution in [3.63, 3.8) is 0 Å². The van der Waals surface area contributed by atoms with Gasteiger partial charge in [0.2, 0.25) is 5.95 Å². The van der Waals surface area contributed by atoms with Crippen molar-refractivity contribution >= 4 is 73.6 Å². The molecule has 4 aromatic rings. The molecule has 204 valence electrons. The number of thiazole rings is 1. The van der Waals surface area contributed by atoms with E-state index in [0.717, 1.165) is 46.3 Å². The molecular weight excluding hydrogens is 589 g/mol. The van der Waals surface area contributed by atoms with Gasteiger partial charge in [-0.15, -0.1) is 11.3 Å². The number of halogens is 2. The summed E-state index contributed by atoms with van der Waals surface area (Å²) < 4.78 is 18.2. The number of benzene rings is 2. The summed E-state index contributed by atoms with van der Waals surface area (Å²) in [6, 6.07) is 14.3. The van der Waals surface area contributed by atoms with Gasteiger partial charge in [0.1, 0.15) is 0 Å². The Balaban J connectivity index is 1.20. The molecule has 1 unspecified atom stereocenters. The Labute approximate surface area is 249 Å². The van der Waals surface area contributed by atoms with Gasteiger partial charge in [0.25, 0.3) is 0 Å². The number of aromatic nitrogens is 3. The molecular formula is C28H29Cl2N5OS3. The molecule has 6 nitrogen and oxygen atoms in total. The second kappa shape index (κ2) is 10.6. The third-order valence-electron chi connectivity index (χ3n) is 7.58. The lowest BCUT2D eigenvalue weighted by atomic mass is 9.73. The molecule has 2 aromatic heterocycles. The fourth-order valence-electron chi connectivity index (χ4n) is 5.44. The zero-order valence-electron chi connectivity index (χ0n) is 21.9. The quantitative estimate of drug-likeness (QED) is 0.250. The molecule has 11 heteroatoms. The smallest absolute Gasteiger partial charge is 0.227 e. The van der Waals surface area contributed by atoms with Crippen LogP contribution in [0, 0.1) is 5.41 Å². The largest absolute Gasteiger partial charge is 0.341 e. The topological polar surface area (TPSA) is 71.0 Å². The van der Waals surface area contributed by atoms with E-state index in [1.54, 1.807) is 17.4 Å². The van der Waals surface area contributed by atoms with Crippen LogP contribution < -0.4 is 9.62 Å². The monoisotopic (exact) mass is 617 g/mol. The van der Waals surface area contributed by atoms with Gasteiger partial charge in [-0.1, -0.05) is 65.3 Å². The molecule has 0 bridgehead atoms. The molecule has 1 aliphatic carbocycles. The Bertz CT molecular complexity index is 1560. The van der Waals surface area contributed by atoms with Crippen LogP contribution >= 0.6 is 46.3 Å². The lowest BCUT2D eigenvalue weighted by molar-refractivity contribution is 0.177. The highest BCUT2D eigenvalue weighted by Crippen LogP contribution is 2.52. The van der Waals surface area contributed by atoms with Crippen LogP contribution in [0.4, 0.5) is 5.95 Å². The Morgan fingerprint density at radius 1 is 1.10 bits per heavy atom. The van der Waals surface area contributed by atoms with Crippen LogP contribution in [0.15, 0.2) is 57.9 Å². The highest BCUT2D eigenvalue weighted by molar-refractivity contribution is 8.01. The summed E-state index contributed by atoms with van der Waals surface area (Å²) in [7, 11) is -1.15. The van der Waals surface area contributed by atoms with Gasteiger partial charge < -0.3 is 4.90 Å². The summed E-state index contributed by atoms with van der Waals surface area (Å²) in [5.74, 6) is 0.707. The van der Waals surface area contributed by atoms with Crippen LogP contribution in [0.2, 0.25) is 10.0 Å². The number of hydrogen-bond donors (Lipinski definition) is 1. The van der Waals surface area contributed by atoms with E-state index in [2.05, 4.69) is 33.9 Å². The van der Waals surface area contributed by atoms with Crippen molar-refractivity contribution in [3.8, 4) is 0 Å². The maximum Gasteiger partial charge on any atom is 0.227 e. The van der Waals surface area contributed by atoms with E-state index < -0.39 is 11.0 Å². The van der Waals surface area contributed by atoms with Crippen LogP contribution in [0.1, 0.15) is 50.8 Å². The van der Waals surface area contributed by atoms with Gasteiger partial charge in [-0.05, 0) is 68.7 Å². The van der Waals surface area contributed by atoms with Crippen molar-refractivity contribution in [2.45, 2.75) is 60.1 Å². The SMILES string of the molecule is CC(C)(C)S(=O)N[C@@H]1c2ccccc2CC12CCN(c1ncc3sc(Sc4cccc(Cl)c4Cl)nc3n1)CC2. The number of nitrogens with one attached hydrogen (secondary N) is 1. The summed E-state index contributed by atoms with van der Waals surface area (Å²) in [4.78, 5) is 17.4. The molecule has 1 spiro atoms. The molecule has 1 fully saturated rings. The van der Waals surface area contributed by atoms with Crippen molar-refractivity contribution < 1.29 is 4.21 Å². The van der Waals surface area contributed by atoms with E-state index in [0.29, 0.717) is 21.6 Å². The highest BCUT2D eigenvalue weighted by atomic mass is 35.5. The van der Waals surface area contributed by atoms with Gasteiger partial charge in [-0.3, -0.25) is 0 Å². The summed E-state index contributed by atoms with van der Waals surface area (Å²) in [5, 5.41) is 1.06. The van der Waals surface area contributed by atoms with Gasteiger partial charge in [0.15, 0.2) is 9.99 Å². The van der Waals surface area contributed by atoms with E-state index in [4.69, 9.17) is 38.2 Å². The van der Waals surface area contributed by atoms with Crippen LogP contribution in [0.5, 0.6) is 0 Å². The van der Waals surface area contributed by atoms with Crippen molar-refractivity contribution in [1.82, 2.24) is 19.7 Å². The Morgan fingerprint density at radius 3 is 2.64 bits per heavy atom. The predicted octanol–water partition coefficient (Wildman–Crippen LogP) is 7.48. The lowest BCUT2D eigenvalue weighted by Crippen LogP contribution is -2.48. The molecule has 2 atom stereocenters. The molecule has 0 saturated carbocycles. The fourth-order valence-corrected chi connectivity index (χ4v) is 8.84. The molecule has 1 aliphatic heterocycles. The van der Waals surface area contributed by atoms with E-state index in [1.165, 1.54) is 22.9 Å². The maximum atomic E-state index is 13.2. The van der Waals surface area contributed by atoms with Gasteiger partial charge in [0.05, 0.1) is 42.7 Å². The first kappa shape index (κ1) is 27.4. The van der Waals surface area contributed by atoms with Crippen LogP contribution in [-0.2, 0) is 17.4 Å². The first-order chi connectivity index (χ1) is 18.6. The molecule has 2 aromatic carbocycles. The molecule has 3 heterocycles. The molecule has 39 heavy (non-hydrogen) atoms. The maximum absolute atomic E-state index is 13.2. The normalized spacial score (nSPS) is 19.5. The van der Waals surface area contributed by atoms with Gasteiger partial charge >= 0.3 is 0 Å². The minimum Gasteiger partial charge on any atom is -0.341 e. The highest BCUT2D eigenvalue weighted by Gasteiger charge is 2.49. The predicted molar refractivity (Wildman–Crippen MR) is 164 cm³/mol. The third-order valence-corrected chi connectivity index (χ3v) is 12.2. The summed E-state index contributed by atoms with van der Waals surface area (Å²) in [6.07, 6.45) is 4.79. The van der Waals surface area contributed by atoms with Crippen LogP contribution in [0.25, 0.3) is 10.3 Å². The molecule has 2 aliphatic rings. The molecule has 0 radical (unpaired) electrons. The number of piperidine rings is 1. The van der Waals surface area contributed by atoms with Crippen LogP contribution in [0.3, 0.4) is 0 Å². The second-order valence-electron chi connectivity index (χ2n) is 11.1. The van der Waals surface area contributed by atoms with Crippen molar-refractivity contribution in [2.75, 3.05) is 18.0 Å². The summed E-state index contributed by atoms with van der Waals surface area (Å²) in [6.45, 7) is 7.73. The van der Waals surface area contributed by atoms with Gasteiger partial charge in [-0.25, -0.2) is 18.9 Å². The van der Waals surface area contributed by atoms with E-state index in [9.17, 15) is 4.21 Å². The summed E-state index contributed by atoms with van der Waals surface area (Å²) >= 11 is 15.6. The average molecular weight is 619 g/mol. The molecule has 1 saturated heterocycles. The number of hydrogen-bond acceptors (Lipinski definition) is 7. The zero-order chi connectivity index (χ0) is 27.4. The minimum absolute atomic E-state index is 0.0197. The van der Waals surface area contributed by atoms with E-state index in [1.807, 2.05) is 39.1 Å². The first-order valence-electron chi connectivity index (χ1n) is 12.9. The zero-order valence-corrected chi connectivity index (χ0v) is 25.9. The fraction of sp³-hybridized carbons (Fsp3) is 0.393. The van der Waals surface area contributed by atoms with E-state index >= 15 is 0 Å². The minimum atomic E-state index is -1.15. The molecule has 6 rings (SSSR count). The third kappa shape index (κ3) is 5.34. The van der Waals surface area contributed by atoms with Gasteiger partial charge in [-0.2, -0.15) is 4.98 Å². The van der Waals surface area contributed by atoms with Crippen molar-refractivity contribution in [3.05, 3.63) is 69.8 Å². The summed E-state index contributed by atoms with van der Waals surface area (Å²) in [5.41, 5.74) is 3.36. The van der Waals surface area contributed by atoms with Crippen molar-refractivity contribution in [2.24, 2.45) is 5.41 Å². The molecule has 1 N–H and O–H groups in total. The lowest BCUT2D eigenvalue weighted by Gasteiger charge is -2.44. The number of nitrogens with zero attached hydrogens (tertiary/aromatic N) is 4. The second-order valence-corrected chi connectivity index (χ2v) is 16.3. The number of fused-ring (bicyclic) bond motifs is 2. The Hall–Kier alpha value is -1.75.